The molecule has 3 unspecified atom stereocenters. The van der Waals surface area contributed by atoms with E-state index in [0.717, 1.165) is 49.7 Å². The van der Waals surface area contributed by atoms with Gasteiger partial charge < -0.3 is 19.3 Å². The molecule has 4 nitrogen and oxygen atoms in total. The molecule has 4 rings (SSSR count). The molecule has 64 heavy (non-hydrogen) atoms. The third-order valence-electron chi connectivity index (χ3n) is 12.9. The quantitative estimate of drug-likeness (QED) is 0.0485. The Balaban J connectivity index is 1.71. The zero-order chi connectivity index (χ0) is 46.3. The highest BCUT2D eigenvalue weighted by atomic mass is 16.5. The van der Waals surface area contributed by atoms with E-state index >= 15 is 0 Å². The van der Waals surface area contributed by atoms with Gasteiger partial charge in [-0.2, -0.15) is 0 Å². The summed E-state index contributed by atoms with van der Waals surface area (Å²) in [6, 6.07) is 36.4. The molecule has 0 saturated carbocycles. The number of unbranched alkanes of at least 4 members (excludes halogenated alkanes) is 12. The number of benzene rings is 4. The Morgan fingerprint density at radius 1 is 0.375 bits per heavy atom. The number of ether oxygens (including phenoxy) is 3. The summed E-state index contributed by atoms with van der Waals surface area (Å²) in [6.07, 6.45) is 23.3. The molecule has 4 heteroatoms. The van der Waals surface area contributed by atoms with E-state index in [1.54, 1.807) is 0 Å². The third kappa shape index (κ3) is 19.2. The molecular weight excluding hydrogens is 785 g/mol. The van der Waals surface area contributed by atoms with Gasteiger partial charge in [-0.05, 0) is 94.7 Å². The molecule has 0 fully saturated rings. The molecule has 1 N–H and O–H groups in total. The van der Waals surface area contributed by atoms with Gasteiger partial charge in [0, 0.05) is 24.8 Å². The number of phenolic OH excluding ortho intramolecular Hbond substituents is 1. The first-order valence-corrected chi connectivity index (χ1v) is 25.8. The summed E-state index contributed by atoms with van der Waals surface area (Å²) in [7, 11) is 0. The van der Waals surface area contributed by atoms with Crippen molar-refractivity contribution in [3.63, 3.8) is 0 Å². The fraction of sp³-hybridized carbons (Fsp3) is 0.600. The summed E-state index contributed by atoms with van der Waals surface area (Å²) in [6.45, 7) is 20.2. The predicted molar refractivity (Wildman–Crippen MR) is 272 cm³/mol. The van der Waals surface area contributed by atoms with Gasteiger partial charge in [0.1, 0.15) is 5.75 Å². The van der Waals surface area contributed by atoms with E-state index in [2.05, 4.69) is 159 Å². The highest BCUT2D eigenvalue weighted by molar-refractivity contribution is 5.47. The summed E-state index contributed by atoms with van der Waals surface area (Å²) in [5.74, 6) is 0.325. The van der Waals surface area contributed by atoms with Crippen molar-refractivity contribution in [3.8, 4) is 5.75 Å². The van der Waals surface area contributed by atoms with Crippen LogP contribution in [0.4, 0.5) is 0 Å². The Labute approximate surface area is 392 Å². The van der Waals surface area contributed by atoms with Gasteiger partial charge in [-0.1, -0.05) is 214 Å². The molecule has 354 valence electrons. The van der Waals surface area contributed by atoms with Crippen molar-refractivity contribution in [3.05, 3.63) is 137 Å². The van der Waals surface area contributed by atoms with Crippen LogP contribution in [0.5, 0.6) is 5.75 Å². The van der Waals surface area contributed by atoms with Gasteiger partial charge in [0.25, 0.3) is 0 Å². The molecule has 0 bridgehead atoms. The van der Waals surface area contributed by atoms with Gasteiger partial charge in [-0.3, -0.25) is 0 Å². The van der Waals surface area contributed by atoms with E-state index in [1.807, 2.05) is 6.07 Å². The summed E-state index contributed by atoms with van der Waals surface area (Å²) >= 11 is 0. The molecule has 0 saturated heterocycles. The van der Waals surface area contributed by atoms with Crippen LogP contribution in [-0.4, -0.2) is 21.9 Å². The van der Waals surface area contributed by atoms with Crippen LogP contribution >= 0.6 is 0 Å². The maximum atomic E-state index is 12.0. The van der Waals surface area contributed by atoms with Crippen molar-refractivity contribution in [1.29, 1.82) is 0 Å². The van der Waals surface area contributed by atoms with Crippen LogP contribution in [0, 0.1) is 0 Å². The largest absolute Gasteiger partial charge is 0.508 e. The second kappa shape index (κ2) is 27.9. The lowest BCUT2D eigenvalue weighted by Crippen LogP contribution is -2.35. The van der Waals surface area contributed by atoms with E-state index in [4.69, 9.17) is 14.2 Å². The maximum absolute atomic E-state index is 12.0. The van der Waals surface area contributed by atoms with Crippen LogP contribution in [0.2, 0.25) is 0 Å². The highest BCUT2D eigenvalue weighted by Gasteiger charge is 2.34. The van der Waals surface area contributed by atoms with Crippen molar-refractivity contribution < 1.29 is 19.3 Å². The first kappa shape index (κ1) is 53.2. The molecule has 0 aliphatic heterocycles. The summed E-state index contributed by atoms with van der Waals surface area (Å²) < 4.78 is 21.7. The molecule has 0 radical (unpaired) electrons. The van der Waals surface area contributed by atoms with Crippen LogP contribution in [-0.2, 0) is 33.5 Å². The first-order valence-electron chi connectivity index (χ1n) is 25.8. The van der Waals surface area contributed by atoms with Crippen LogP contribution in [0.1, 0.15) is 230 Å². The molecule has 4 aromatic rings. The number of hydrogen-bond acceptors (Lipinski definition) is 4. The number of rotatable bonds is 33. The normalized spacial score (nSPS) is 13.8. The Bertz CT molecular complexity index is 1810. The standard InChI is InChI=1S/C60H90O4/c1-10-13-16-19-31-40-55(48-34-25-22-26-35-48)62-58(4,5)45-51-43-44-54(61)53(47-60(8,9)64-57(42-33-21-18-15-12-3)50-38-29-24-30-39-50)52(51)46-59(6,7)63-56(41-32-20-17-14-11-2)49-36-27-23-28-37-49/h22-30,34-39,43-44,55-57,61H,10-21,31-33,40-42,45-47H2,1-9H3. The topological polar surface area (TPSA) is 47.9 Å². The van der Waals surface area contributed by atoms with Gasteiger partial charge in [0.15, 0.2) is 0 Å². The molecule has 0 spiro atoms. The molecule has 0 aromatic heterocycles. The second-order valence-corrected chi connectivity index (χ2v) is 20.7. The molecule has 3 atom stereocenters. The van der Waals surface area contributed by atoms with Gasteiger partial charge >= 0.3 is 0 Å². The van der Waals surface area contributed by atoms with Crippen LogP contribution in [0.25, 0.3) is 0 Å². The maximum Gasteiger partial charge on any atom is 0.119 e. The summed E-state index contributed by atoms with van der Waals surface area (Å²) in [5.41, 5.74) is 5.42. The van der Waals surface area contributed by atoms with E-state index in [0.29, 0.717) is 25.0 Å². The lowest BCUT2D eigenvalue weighted by Gasteiger charge is -2.37. The first-order chi connectivity index (χ1) is 30.8. The van der Waals surface area contributed by atoms with Gasteiger partial charge in [0.2, 0.25) is 0 Å². The predicted octanol–water partition coefficient (Wildman–Crippen LogP) is 17.7. The molecule has 0 aliphatic rings. The number of phenols is 1. The minimum absolute atomic E-state index is 0.00539. The molecule has 4 aromatic carbocycles. The number of aromatic hydroxyl groups is 1. The second-order valence-electron chi connectivity index (χ2n) is 20.7. The third-order valence-corrected chi connectivity index (χ3v) is 12.9. The lowest BCUT2D eigenvalue weighted by atomic mass is 9.82. The molecule has 0 heterocycles. The fourth-order valence-corrected chi connectivity index (χ4v) is 9.59. The minimum Gasteiger partial charge on any atom is -0.508 e. The minimum atomic E-state index is -0.562. The Morgan fingerprint density at radius 2 is 0.688 bits per heavy atom. The van der Waals surface area contributed by atoms with Crippen molar-refractivity contribution in [2.45, 2.75) is 232 Å². The van der Waals surface area contributed by atoms with Crippen LogP contribution in [0.15, 0.2) is 103 Å². The summed E-state index contributed by atoms with van der Waals surface area (Å²) in [5, 5.41) is 12.0. The van der Waals surface area contributed by atoms with Crippen molar-refractivity contribution >= 4 is 0 Å². The SMILES string of the molecule is CCCCCCCC(OC(C)(C)Cc1ccc(O)c(CC(C)(C)OC(CCCCCCC)c2ccccc2)c1CC(C)(C)OC(CCCCCCC)c1ccccc1)c1ccccc1. The average molecular weight is 875 g/mol. The smallest absolute Gasteiger partial charge is 0.119 e. The number of hydrogen-bond donors (Lipinski definition) is 1. The van der Waals surface area contributed by atoms with Crippen molar-refractivity contribution in [2.75, 3.05) is 0 Å². The summed E-state index contributed by atoms with van der Waals surface area (Å²) in [4.78, 5) is 0. The molecule has 0 amide bonds. The zero-order valence-corrected chi connectivity index (χ0v) is 42.1. The van der Waals surface area contributed by atoms with Crippen LogP contribution < -0.4 is 0 Å². The van der Waals surface area contributed by atoms with Gasteiger partial charge in [-0.15, -0.1) is 0 Å². The average Bonchev–Trinajstić information content (AvgIpc) is 3.27. The monoisotopic (exact) mass is 875 g/mol. The van der Waals surface area contributed by atoms with E-state index in [-0.39, 0.29) is 18.3 Å². The lowest BCUT2D eigenvalue weighted by molar-refractivity contribution is -0.0823. The molecular formula is C60H90O4. The van der Waals surface area contributed by atoms with Gasteiger partial charge in [0.05, 0.1) is 35.1 Å². The van der Waals surface area contributed by atoms with E-state index < -0.39 is 16.8 Å². The Hall–Kier alpha value is -3.44. The van der Waals surface area contributed by atoms with Crippen molar-refractivity contribution in [2.24, 2.45) is 0 Å². The molecule has 0 aliphatic carbocycles. The Morgan fingerprint density at radius 3 is 1.03 bits per heavy atom. The van der Waals surface area contributed by atoms with E-state index in [9.17, 15) is 5.11 Å². The van der Waals surface area contributed by atoms with Crippen LogP contribution in [0.3, 0.4) is 0 Å². The zero-order valence-electron chi connectivity index (χ0n) is 42.1. The van der Waals surface area contributed by atoms with Gasteiger partial charge in [-0.25, -0.2) is 0 Å². The fourth-order valence-electron chi connectivity index (χ4n) is 9.59. The van der Waals surface area contributed by atoms with E-state index in [1.165, 1.54) is 99.3 Å². The Kier molecular flexibility index (Phi) is 23.2. The highest BCUT2D eigenvalue weighted by Crippen LogP contribution is 2.40. The van der Waals surface area contributed by atoms with Crippen molar-refractivity contribution in [1.82, 2.24) is 0 Å².